The zero-order valence-corrected chi connectivity index (χ0v) is 27.8. The van der Waals surface area contributed by atoms with Crippen LogP contribution >= 0.6 is 19.4 Å². The van der Waals surface area contributed by atoms with Gasteiger partial charge in [0.05, 0.1) is 0 Å². The Kier molecular flexibility index (Phi) is 11.4. The van der Waals surface area contributed by atoms with Crippen LogP contribution in [0.5, 0.6) is 0 Å². The molecule has 0 atom stereocenters. The van der Waals surface area contributed by atoms with Crippen LogP contribution in [0, 0.1) is 53.6 Å². The number of aliphatic imine (C=N–C) groups is 1. The van der Waals surface area contributed by atoms with E-state index in [0.29, 0.717) is 0 Å². The Morgan fingerprint density at radius 3 is 1.64 bits per heavy atom. The molecule has 39 heavy (non-hydrogen) atoms. The Morgan fingerprint density at radius 2 is 1.23 bits per heavy atom. The van der Waals surface area contributed by atoms with Gasteiger partial charge in [-0.05, 0) is 63.8 Å². The van der Waals surface area contributed by atoms with Crippen molar-refractivity contribution >= 4 is 47.3 Å². The molecule has 0 bridgehead atoms. The molecule has 1 saturated heterocycles. The summed E-state index contributed by atoms with van der Waals surface area (Å²) in [5, 5.41) is 0. The van der Waals surface area contributed by atoms with Crippen LogP contribution in [0.1, 0.15) is 53.6 Å². The van der Waals surface area contributed by atoms with Gasteiger partial charge in [-0.1, -0.05) is 35.4 Å². The molecule has 3 nitrogen and oxygen atoms in total. The van der Waals surface area contributed by atoms with E-state index in [1.54, 1.807) is 0 Å². The first-order valence-corrected chi connectivity index (χ1v) is 18.8. The molecule has 0 aromatic heterocycles. The van der Waals surface area contributed by atoms with Gasteiger partial charge in [0.1, 0.15) is 0 Å². The smallest absolute Gasteiger partial charge is 0.0146 e. The van der Waals surface area contributed by atoms with Gasteiger partial charge in [-0.15, -0.1) is 0 Å². The van der Waals surface area contributed by atoms with Crippen molar-refractivity contribution in [1.82, 2.24) is 0 Å². The fraction of sp³-hybridized carbons (Fsp3) is 0.364. The van der Waals surface area contributed by atoms with Crippen LogP contribution < -0.4 is 9.80 Å². The van der Waals surface area contributed by atoms with Crippen LogP contribution in [-0.4, -0.2) is 23.9 Å². The summed E-state index contributed by atoms with van der Waals surface area (Å²) in [6.07, 6.45) is 2.83. The number of benzene rings is 3. The minimum absolute atomic E-state index is 0.00594. The van der Waals surface area contributed by atoms with Crippen molar-refractivity contribution in [3.8, 4) is 0 Å². The van der Waals surface area contributed by atoms with Gasteiger partial charge >= 0.3 is 110 Å². The van der Waals surface area contributed by atoms with Crippen LogP contribution in [0.3, 0.4) is 0 Å². The summed E-state index contributed by atoms with van der Waals surface area (Å²) in [4.78, 5) is 9.25. The summed E-state index contributed by atoms with van der Waals surface area (Å²) >= 11 is -1.65. The molecule has 3 aromatic rings. The maximum atomic E-state index is 5.81. The number of rotatable bonds is 6. The molecule has 3 aromatic carbocycles. The Bertz CT molecular complexity index is 1220. The van der Waals surface area contributed by atoms with Crippen molar-refractivity contribution in [3.63, 3.8) is 0 Å². The Morgan fingerprint density at radius 1 is 0.795 bits per heavy atom. The number of halogens is 2. The third kappa shape index (κ3) is 9.27. The monoisotopic (exact) mass is 652 g/mol. The minimum atomic E-state index is -1.65. The van der Waals surface area contributed by atoms with E-state index in [1.807, 2.05) is 41.2 Å². The minimum Gasteiger partial charge on any atom is -0.502 e. The van der Waals surface area contributed by atoms with E-state index in [-0.39, 0.29) is 5.41 Å². The molecule has 1 fully saturated rings. The van der Waals surface area contributed by atoms with Crippen molar-refractivity contribution in [1.29, 1.82) is 0 Å². The third-order valence-corrected chi connectivity index (χ3v) is 8.91. The van der Waals surface area contributed by atoms with Crippen LogP contribution in [0.4, 0.5) is 17.1 Å². The zero-order chi connectivity index (χ0) is 28.7. The quantitative estimate of drug-likeness (QED) is 0.150. The number of hydrogen-bond acceptors (Lipinski definition) is 3. The molecule has 6 heteroatoms. The van der Waals surface area contributed by atoms with Crippen LogP contribution in [0.2, 0.25) is 0 Å². The van der Waals surface area contributed by atoms with Gasteiger partial charge in [0.2, 0.25) is 0 Å². The number of para-hydroxylation sites is 1. The number of hydrogen-bond donors (Lipinski definition) is 0. The standard InChI is InChI=1S/C21H27N2.C12H15N.2ClH.Ru/c1-14-9-16(3)20(17(4)10-14)22-7-8-23(13-22)21-18(5)11-15(2)12-19(21)6;1-4-12(2,3)10-13-11-8-6-5-7-9-11;;;/h9-13H,7-8H2,1-6H3;1,5-10H,4H2,2-3H3;2*1H;/q-1;;;;+2/p-2. The first kappa shape index (κ1) is 31.5. The van der Waals surface area contributed by atoms with Crippen LogP contribution in [-0.2, 0) is 13.5 Å². The first-order valence-electron chi connectivity index (χ1n) is 13.3. The molecule has 1 aliphatic heterocycles. The summed E-state index contributed by atoms with van der Waals surface area (Å²) in [6, 6.07) is 19.0. The van der Waals surface area contributed by atoms with Gasteiger partial charge in [0.15, 0.2) is 0 Å². The molecule has 0 N–H and O–H groups in total. The summed E-state index contributed by atoms with van der Waals surface area (Å²) in [6.45, 7) is 21.8. The van der Waals surface area contributed by atoms with Crippen LogP contribution in [0.25, 0.3) is 0 Å². The topological polar surface area (TPSA) is 18.8 Å². The Labute approximate surface area is 249 Å². The molecule has 0 spiro atoms. The third-order valence-electron chi connectivity index (χ3n) is 6.73. The SMILES string of the molecule is CC(C)(C=Nc1ccccc1)C[CH]=[Ru]([Cl])[Cl].Cc1cc(C)c(N2[CH-]N(c3c(C)cc(C)cc3C)CC2)c(C)c1. The average Bonchev–Trinajstić information content (AvgIpc) is 3.30. The molecule has 0 unspecified atom stereocenters. The van der Waals surface area contributed by atoms with Gasteiger partial charge < -0.3 is 9.80 Å². The van der Waals surface area contributed by atoms with E-state index in [4.69, 9.17) is 19.4 Å². The van der Waals surface area contributed by atoms with Gasteiger partial charge in [-0.2, -0.15) is 6.67 Å². The van der Waals surface area contributed by atoms with Gasteiger partial charge in [-0.25, -0.2) is 0 Å². The fourth-order valence-electron chi connectivity index (χ4n) is 5.15. The van der Waals surface area contributed by atoms with Crippen molar-refractivity contribution in [3.05, 3.63) is 94.6 Å². The molecular weight excluding hydrogens is 610 g/mol. The summed E-state index contributed by atoms with van der Waals surface area (Å²) in [5.74, 6) is 0. The molecule has 212 valence electrons. The van der Waals surface area contributed by atoms with Crippen molar-refractivity contribution in [2.45, 2.75) is 61.8 Å². The second kappa shape index (κ2) is 14.1. The largest absolute Gasteiger partial charge is 0.502 e. The Hall–Kier alpha value is -2.00. The molecular formula is C33H42Cl2N3Ru-. The second-order valence-electron chi connectivity index (χ2n) is 11.1. The van der Waals surface area contributed by atoms with Gasteiger partial charge in [0.25, 0.3) is 0 Å². The molecule has 1 heterocycles. The molecule has 0 aliphatic carbocycles. The number of nitrogens with zero attached hydrogens (tertiary/aromatic N) is 3. The molecule has 4 rings (SSSR count). The van der Waals surface area contributed by atoms with E-state index in [9.17, 15) is 0 Å². The van der Waals surface area contributed by atoms with Crippen LogP contribution in [0.15, 0.2) is 59.6 Å². The number of aryl methyl sites for hydroxylation is 6. The van der Waals surface area contributed by atoms with Gasteiger partial charge in [0, 0.05) is 24.5 Å². The Balaban J connectivity index is 0.000000231. The maximum Gasteiger partial charge on any atom is 0.0146 e. The van der Waals surface area contributed by atoms with E-state index in [2.05, 4.69) is 101 Å². The second-order valence-corrected chi connectivity index (χ2v) is 17.1. The maximum absolute atomic E-state index is 5.81. The van der Waals surface area contributed by atoms with E-state index < -0.39 is 13.5 Å². The first-order chi connectivity index (χ1) is 18.4. The van der Waals surface area contributed by atoms with Crippen molar-refractivity contribution in [2.75, 3.05) is 22.9 Å². The molecule has 1 aliphatic rings. The normalized spacial score (nSPS) is 13.9. The summed E-state index contributed by atoms with van der Waals surface area (Å²) in [5.41, 5.74) is 11.8. The molecule has 0 radical (unpaired) electrons. The van der Waals surface area contributed by atoms with E-state index in [1.165, 1.54) is 44.8 Å². The average molecular weight is 653 g/mol. The predicted octanol–water partition coefficient (Wildman–Crippen LogP) is 9.52. The van der Waals surface area contributed by atoms with E-state index in [0.717, 1.165) is 25.2 Å². The molecule has 0 amide bonds. The van der Waals surface area contributed by atoms with Crippen molar-refractivity contribution < 1.29 is 13.5 Å². The summed E-state index contributed by atoms with van der Waals surface area (Å²) in [7, 11) is 11.6. The van der Waals surface area contributed by atoms with Gasteiger partial charge in [-0.3, -0.25) is 0 Å². The predicted molar refractivity (Wildman–Crippen MR) is 171 cm³/mol. The fourth-order valence-corrected chi connectivity index (χ4v) is 6.97. The zero-order valence-electron chi connectivity index (χ0n) is 24.5. The van der Waals surface area contributed by atoms with Crippen molar-refractivity contribution in [2.24, 2.45) is 10.4 Å². The summed E-state index contributed by atoms with van der Waals surface area (Å²) < 4.78 is 2.02. The number of anilines is 2. The molecule has 0 saturated carbocycles. The van der Waals surface area contributed by atoms with E-state index >= 15 is 0 Å².